The Hall–Kier alpha value is -2.97. The summed E-state index contributed by atoms with van der Waals surface area (Å²) in [6.07, 6.45) is -2.95. The molecule has 2 heterocycles. The Balaban J connectivity index is 1.96. The number of hydrogen-bond acceptors (Lipinski definition) is 5. The minimum Gasteiger partial charge on any atom is -0.468 e. The zero-order chi connectivity index (χ0) is 21.6. The Morgan fingerprint density at radius 3 is 2.52 bits per heavy atom. The number of rotatable bonds is 8. The van der Waals surface area contributed by atoms with Crippen LogP contribution in [0.4, 0.5) is 13.2 Å². The highest BCUT2D eigenvalue weighted by Gasteiger charge is 2.28. The third-order valence-electron chi connectivity index (χ3n) is 3.90. The van der Waals surface area contributed by atoms with Crippen molar-refractivity contribution in [1.82, 2.24) is 15.3 Å². The summed E-state index contributed by atoms with van der Waals surface area (Å²) >= 11 is 0. The number of ketones is 1. The van der Waals surface area contributed by atoms with Crippen LogP contribution >= 0.6 is 0 Å². The molecular weight excluding hydrogens is 387 g/mol. The predicted octanol–water partition coefficient (Wildman–Crippen LogP) is 3.42. The molecule has 0 aliphatic heterocycles. The molecule has 2 aromatic rings. The number of halogens is 3. The number of nitrogens with zero attached hydrogens (tertiary/aromatic N) is 2. The molecule has 0 aliphatic carbocycles. The molecule has 0 aromatic carbocycles. The van der Waals surface area contributed by atoms with Crippen molar-refractivity contribution in [2.75, 3.05) is 6.61 Å². The summed E-state index contributed by atoms with van der Waals surface area (Å²) in [4.78, 5) is 32.4. The lowest BCUT2D eigenvalue weighted by atomic mass is 10.0. The van der Waals surface area contributed by atoms with Crippen LogP contribution in [0.1, 0.15) is 41.2 Å². The molecule has 0 aliphatic rings. The summed E-state index contributed by atoms with van der Waals surface area (Å²) in [6.45, 7) is 4.06. The van der Waals surface area contributed by atoms with Crippen LogP contribution in [-0.2, 0) is 17.8 Å². The number of Topliss-reactive ketones (excluding diaryl/α,β-unsaturated/α-hetero) is 1. The van der Waals surface area contributed by atoms with Gasteiger partial charge in [-0.25, -0.2) is 4.98 Å². The standard InChI is InChI=1S/C20H22F3N3O3/c1-12(2)17(27)8-16-7-15(6-13(3)26-16)19(28)25-10-14-4-5-18(24-9-14)29-11-20(21,22)23/h4-7,9,12H,8,10-11H2,1-3H3,(H,25,28). The lowest BCUT2D eigenvalue weighted by molar-refractivity contribution is -0.154. The maximum absolute atomic E-state index is 12.4. The molecule has 6 nitrogen and oxygen atoms in total. The van der Waals surface area contributed by atoms with Gasteiger partial charge in [-0.15, -0.1) is 0 Å². The van der Waals surface area contributed by atoms with Gasteiger partial charge in [0.2, 0.25) is 5.88 Å². The van der Waals surface area contributed by atoms with Crippen LogP contribution in [0.15, 0.2) is 30.5 Å². The highest BCUT2D eigenvalue weighted by Crippen LogP contribution is 2.17. The van der Waals surface area contributed by atoms with Gasteiger partial charge in [-0.1, -0.05) is 19.9 Å². The third kappa shape index (κ3) is 7.52. The quantitative estimate of drug-likeness (QED) is 0.723. The first-order chi connectivity index (χ1) is 13.5. The van der Waals surface area contributed by atoms with Crippen molar-refractivity contribution in [1.29, 1.82) is 0 Å². The van der Waals surface area contributed by atoms with Gasteiger partial charge in [0, 0.05) is 48.1 Å². The topological polar surface area (TPSA) is 81.2 Å². The summed E-state index contributed by atoms with van der Waals surface area (Å²) < 4.78 is 40.9. The summed E-state index contributed by atoms with van der Waals surface area (Å²) in [5.41, 5.74) is 2.12. The zero-order valence-corrected chi connectivity index (χ0v) is 16.3. The Morgan fingerprint density at radius 2 is 1.93 bits per heavy atom. The van der Waals surface area contributed by atoms with Crippen molar-refractivity contribution < 1.29 is 27.5 Å². The molecule has 0 saturated heterocycles. The average Bonchev–Trinajstić information content (AvgIpc) is 2.64. The largest absolute Gasteiger partial charge is 0.468 e. The first-order valence-electron chi connectivity index (χ1n) is 8.96. The fourth-order valence-electron chi connectivity index (χ4n) is 2.38. The average molecular weight is 409 g/mol. The number of hydrogen-bond donors (Lipinski definition) is 1. The van der Waals surface area contributed by atoms with Gasteiger partial charge < -0.3 is 10.1 Å². The molecule has 0 atom stereocenters. The Labute approximate surface area is 166 Å². The first-order valence-corrected chi connectivity index (χ1v) is 8.96. The van der Waals surface area contributed by atoms with Crippen molar-refractivity contribution in [3.63, 3.8) is 0 Å². The summed E-state index contributed by atoms with van der Waals surface area (Å²) in [6, 6.07) is 6.02. The van der Waals surface area contributed by atoms with E-state index in [1.54, 1.807) is 32.9 Å². The number of pyridine rings is 2. The Kier molecular flexibility index (Phi) is 7.30. The lowest BCUT2D eigenvalue weighted by Crippen LogP contribution is -2.24. The third-order valence-corrected chi connectivity index (χ3v) is 3.90. The first kappa shape index (κ1) is 22.3. The minimum atomic E-state index is -4.43. The minimum absolute atomic E-state index is 0.0355. The van der Waals surface area contributed by atoms with E-state index >= 15 is 0 Å². The molecule has 156 valence electrons. The predicted molar refractivity (Wildman–Crippen MR) is 99.5 cm³/mol. The van der Waals surface area contributed by atoms with Gasteiger partial charge in [0.05, 0.1) is 0 Å². The molecular formula is C20H22F3N3O3. The number of nitrogens with one attached hydrogen (secondary N) is 1. The van der Waals surface area contributed by atoms with Crippen molar-refractivity contribution >= 4 is 11.7 Å². The molecule has 9 heteroatoms. The van der Waals surface area contributed by atoms with E-state index < -0.39 is 12.8 Å². The fraction of sp³-hybridized carbons (Fsp3) is 0.400. The number of aromatic nitrogens is 2. The SMILES string of the molecule is Cc1cc(C(=O)NCc2ccc(OCC(F)(F)F)nc2)cc(CC(=O)C(C)C)n1. The molecule has 1 N–H and O–H groups in total. The van der Waals surface area contributed by atoms with Crippen LogP contribution in [0.2, 0.25) is 0 Å². The smallest absolute Gasteiger partial charge is 0.422 e. The van der Waals surface area contributed by atoms with Gasteiger partial charge in [0.1, 0.15) is 5.78 Å². The second kappa shape index (κ2) is 9.49. The zero-order valence-electron chi connectivity index (χ0n) is 16.3. The number of alkyl halides is 3. The number of carbonyl (C=O) groups excluding carboxylic acids is 2. The van der Waals surface area contributed by atoms with E-state index in [4.69, 9.17) is 0 Å². The van der Waals surface area contributed by atoms with E-state index in [0.29, 0.717) is 22.5 Å². The normalized spacial score (nSPS) is 11.4. The summed E-state index contributed by atoms with van der Waals surface area (Å²) in [5, 5.41) is 2.71. The number of carbonyl (C=O) groups is 2. The molecule has 2 rings (SSSR count). The van der Waals surface area contributed by atoms with Crippen molar-refractivity contribution in [3.05, 3.63) is 53.0 Å². The Bertz CT molecular complexity index is 866. The van der Waals surface area contributed by atoms with E-state index in [1.807, 2.05) is 0 Å². The molecule has 1 amide bonds. The highest BCUT2D eigenvalue weighted by atomic mass is 19.4. The van der Waals surface area contributed by atoms with Crippen LogP contribution in [0, 0.1) is 12.8 Å². The number of ether oxygens (including phenoxy) is 1. The summed E-state index contributed by atoms with van der Waals surface area (Å²) in [5.74, 6) is -0.591. The fourth-order valence-corrected chi connectivity index (χ4v) is 2.38. The van der Waals surface area contributed by atoms with Gasteiger partial charge in [-0.2, -0.15) is 13.2 Å². The second-order valence-corrected chi connectivity index (χ2v) is 6.88. The molecule has 29 heavy (non-hydrogen) atoms. The molecule has 0 bridgehead atoms. The van der Waals surface area contributed by atoms with Crippen LogP contribution < -0.4 is 10.1 Å². The van der Waals surface area contributed by atoms with Gasteiger partial charge >= 0.3 is 6.18 Å². The maximum atomic E-state index is 12.4. The highest BCUT2D eigenvalue weighted by molar-refractivity contribution is 5.94. The monoisotopic (exact) mass is 409 g/mol. The number of amides is 1. The van der Waals surface area contributed by atoms with E-state index in [2.05, 4.69) is 20.0 Å². The molecule has 0 radical (unpaired) electrons. The van der Waals surface area contributed by atoms with Crippen LogP contribution in [0.5, 0.6) is 5.88 Å². The van der Waals surface area contributed by atoms with Crippen LogP contribution in [0.3, 0.4) is 0 Å². The van der Waals surface area contributed by atoms with Crippen LogP contribution in [0.25, 0.3) is 0 Å². The molecule has 0 fully saturated rings. The van der Waals surface area contributed by atoms with Gasteiger partial charge in [0.15, 0.2) is 6.61 Å². The van der Waals surface area contributed by atoms with Crippen molar-refractivity contribution in [3.8, 4) is 5.88 Å². The molecule has 0 spiro atoms. The van der Waals surface area contributed by atoms with E-state index in [-0.39, 0.29) is 36.5 Å². The molecule has 0 unspecified atom stereocenters. The van der Waals surface area contributed by atoms with E-state index in [0.717, 1.165) is 0 Å². The van der Waals surface area contributed by atoms with Crippen LogP contribution in [-0.4, -0.2) is 34.4 Å². The molecule has 0 saturated carbocycles. The Morgan fingerprint density at radius 1 is 1.21 bits per heavy atom. The molecule has 2 aromatic heterocycles. The van der Waals surface area contributed by atoms with Crippen molar-refractivity contribution in [2.45, 2.75) is 39.9 Å². The van der Waals surface area contributed by atoms with Gasteiger partial charge in [-0.05, 0) is 24.6 Å². The van der Waals surface area contributed by atoms with Gasteiger partial charge in [-0.3, -0.25) is 14.6 Å². The van der Waals surface area contributed by atoms with Crippen molar-refractivity contribution in [2.24, 2.45) is 5.92 Å². The van der Waals surface area contributed by atoms with E-state index in [1.165, 1.54) is 18.3 Å². The van der Waals surface area contributed by atoms with E-state index in [9.17, 15) is 22.8 Å². The van der Waals surface area contributed by atoms with Gasteiger partial charge in [0.25, 0.3) is 5.91 Å². The lowest BCUT2D eigenvalue weighted by Gasteiger charge is -2.10. The second-order valence-electron chi connectivity index (χ2n) is 6.88. The summed E-state index contributed by atoms with van der Waals surface area (Å²) in [7, 11) is 0. The number of aryl methyl sites for hydroxylation is 1. The maximum Gasteiger partial charge on any atom is 0.422 e.